The number of nitrogen functional groups attached to an aromatic ring is 1. The Morgan fingerprint density at radius 3 is 2.78 bits per heavy atom. The van der Waals surface area contributed by atoms with E-state index in [1.807, 2.05) is 4.90 Å². The molecule has 4 unspecified atom stereocenters. The van der Waals surface area contributed by atoms with Gasteiger partial charge in [0.05, 0.1) is 40.3 Å². The first-order valence-corrected chi connectivity index (χ1v) is 15.6. The number of hydrogen-bond donors (Lipinski definition) is 1. The van der Waals surface area contributed by atoms with Crippen LogP contribution in [0.3, 0.4) is 0 Å². The summed E-state index contributed by atoms with van der Waals surface area (Å²) in [4.78, 5) is 27.7. The molecule has 3 aliphatic heterocycles. The van der Waals surface area contributed by atoms with E-state index in [4.69, 9.17) is 21.8 Å². The van der Waals surface area contributed by atoms with Crippen LogP contribution in [0, 0.1) is 18.2 Å². The van der Waals surface area contributed by atoms with Crippen LogP contribution in [0.5, 0.6) is 11.9 Å². The van der Waals surface area contributed by atoms with Gasteiger partial charge in [0.15, 0.2) is 18.1 Å². The molecule has 0 spiro atoms. The maximum atomic E-state index is 16.6. The van der Waals surface area contributed by atoms with E-state index in [2.05, 4.69) is 21.4 Å². The SMILES string of the molecule is [C-]#[N+]c1c(N)sc2c(F)ccc(-c3ccc4c(OC5CN(C(=O)C=C)CC5F)nc(OCC56CCCN5CC(F)C6)nc4c3F)c12. The second-order valence-corrected chi connectivity index (χ2v) is 12.9. The summed E-state index contributed by atoms with van der Waals surface area (Å²) in [7, 11) is 0. The Kier molecular flexibility index (Phi) is 7.48. The summed E-state index contributed by atoms with van der Waals surface area (Å²) >= 11 is 0.901. The fraction of sp³-hybridized carbons (Fsp3) is 0.375. The van der Waals surface area contributed by atoms with Crippen LogP contribution in [0.1, 0.15) is 19.3 Å². The number of halogens is 4. The summed E-state index contributed by atoms with van der Waals surface area (Å²) in [5, 5.41) is 0.391. The molecular formula is C32H28F4N6O3S. The molecule has 2 aromatic heterocycles. The van der Waals surface area contributed by atoms with Gasteiger partial charge >= 0.3 is 6.01 Å². The van der Waals surface area contributed by atoms with Crippen LogP contribution in [-0.4, -0.2) is 82.4 Å². The van der Waals surface area contributed by atoms with Crippen LogP contribution < -0.4 is 15.2 Å². The average Bonchev–Trinajstić information content (AvgIpc) is 3.77. The Bertz CT molecular complexity index is 1950. The summed E-state index contributed by atoms with van der Waals surface area (Å²) < 4.78 is 73.0. The molecule has 3 aliphatic rings. The van der Waals surface area contributed by atoms with Crippen LogP contribution in [0.25, 0.3) is 37.0 Å². The van der Waals surface area contributed by atoms with Crippen LogP contribution >= 0.6 is 11.3 Å². The number of carbonyl (C=O) groups excluding carboxylic acids is 1. The predicted octanol–water partition coefficient (Wildman–Crippen LogP) is 5.99. The van der Waals surface area contributed by atoms with Crippen molar-refractivity contribution in [2.45, 2.75) is 43.2 Å². The zero-order chi connectivity index (χ0) is 32.3. The fourth-order valence-electron chi connectivity index (χ4n) is 6.93. The van der Waals surface area contributed by atoms with Crippen molar-refractivity contribution in [1.29, 1.82) is 0 Å². The lowest BCUT2D eigenvalue weighted by molar-refractivity contribution is -0.125. The number of nitrogens with zero attached hydrogens (tertiary/aromatic N) is 5. The minimum absolute atomic E-state index is 0.0133. The van der Waals surface area contributed by atoms with E-state index in [1.54, 1.807) is 0 Å². The fourth-order valence-corrected chi connectivity index (χ4v) is 7.87. The van der Waals surface area contributed by atoms with Crippen molar-refractivity contribution in [2.24, 2.45) is 0 Å². The van der Waals surface area contributed by atoms with E-state index in [1.165, 1.54) is 29.2 Å². The first kappa shape index (κ1) is 30.2. The molecule has 0 aliphatic carbocycles. The second kappa shape index (κ2) is 11.4. The van der Waals surface area contributed by atoms with Gasteiger partial charge in [-0.1, -0.05) is 18.7 Å². The Balaban J connectivity index is 1.33. The molecule has 46 heavy (non-hydrogen) atoms. The van der Waals surface area contributed by atoms with Crippen LogP contribution in [0.15, 0.2) is 36.9 Å². The van der Waals surface area contributed by atoms with Gasteiger partial charge in [-0.15, -0.1) is 11.3 Å². The number of thiophene rings is 1. The Labute approximate surface area is 265 Å². The number of nitrogens with two attached hydrogens (primary N) is 1. The minimum Gasteiger partial charge on any atom is -0.469 e. The van der Waals surface area contributed by atoms with E-state index < -0.39 is 41.5 Å². The van der Waals surface area contributed by atoms with Gasteiger partial charge in [-0.05, 0) is 43.2 Å². The van der Waals surface area contributed by atoms with Gasteiger partial charge in [-0.2, -0.15) is 9.97 Å². The molecule has 14 heteroatoms. The van der Waals surface area contributed by atoms with Crippen molar-refractivity contribution in [3.8, 4) is 23.0 Å². The number of benzene rings is 2. The molecule has 0 saturated carbocycles. The largest absolute Gasteiger partial charge is 0.469 e. The smallest absolute Gasteiger partial charge is 0.320 e. The molecule has 7 rings (SSSR count). The van der Waals surface area contributed by atoms with Crippen molar-refractivity contribution in [2.75, 3.05) is 38.5 Å². The molecule has 9 nitrogen and oxygen atoms in total. The lowest BCUT2D eigenvalue weighted by Crippen LogP contribution is -2.43. The van der Waals surface area contributed by atoms with Gasteiger partial charge in [-0.25, -0.2) is 22.4 Å². The average molecular weight is 653 g/mol. The third-order valence-electron chi connectivity index (χ3n) is 9.12. The topological polar surface area (TPSA) is 98.2 Å². The van der Waals surface area contributed by atoms with E-state index >= 15 is 8.78 Å². The third-order valence-corrected chi connectivity index (χ3v) is 10.1. The van der Waals surface area contributed by atoms with Gasteiger partial charge in [0.1, 0.15) is 24.1 Å². The van der Waals surface area contributed by atoms with Crippen molar-refractivity contribution < 1.29 is 31.8 Å². The lowest BCUT2D eigenvalue weighted by Gasteiger charge is -2.30. The number of hydrogen-bond acceptors (Lipinski definition) is 8. The van der Waals surface area contributed by atoms with Gasteiger partial charge < -0.3 is 20.1 Å². The van der Waals surface area contributed by atoms with Crippen molar-refractivity contribution >= 4 is 48.9 Å². The highest BCUT2D eigenvalue weighted by atomic mass is 32.1. The predicted molar refractivity (Wildman–Crippen MR) is 166 cm³/mol. The molecule has 238 valence electrons. The highest BCUT2D eigenvalue weighted by Crippen LogP contribution is 2.47. The number of rotatable bonds is 7. The van der Waals surface area contributed by atoms with Gasteiger partial charge in [0.25, 0.3) is 0 Å². The summed E-state index contributed by atoms with van der Waals surface area (Å²) in [6.45, 7) is 11.8. The normalized spacial score (nSPS) is 24.4. The maximum absolute atomic E-state index is 16.6. The molecule has 4 atom stereocenters. The monoisotopic (exact) mass is 652 g/mol. The number of anilines is 1. The van der Waals surface area contributed by atoms with Crippen molar-refractivity contribution in [1.82, 2.24) is 19.8 Å². The number of amides is 1. The number of carbonyl (C=O) groups is 1. The summed E-state index contributed by atoms with van der Waals surface area (Å²) in [5.74, 6) is -2.04. The van der Waals surface area contributed by atoms with Crippen molar-refractivity contribution in [3.63, 3.8) is 0 Å². The molecule has 1 amide bonds. The molecule has 2 N–H and O–H groups in total. The zero-order valence-electron chi connectivity index (χ0n) is 24.4. The molecule has 3 fully saturated rings. The standard InChI is InChI=1S/C32H28F4N6O3S/c1-3-23(43)41-13-21(35)22(14-41)45-30-19-6-5-18(17-7-8-20(34)28-24(17)27(38-2)29(37)46-28)25(36)26(19)39-31(40-30)44-15-32-9-4-10-42(32)12-16(33)11-32/h3,5-8,16,21-22H,1,4,9-15,37H2. The molecule has 5 heterocycles. The zero-order valence-corrected chi connectivity index (χ0v) is 25.3. The number of likely N-dealkylation sites (tertiary alicyclic amines) is 1. The third kappa shape index (κ3) is 4.89. The number of alkyl halides is 2. The maximum Gasteiger partial charge on any atom is 0.320 e. The van der Waals surface area contributed by atoms with E-state index in [9.17, 15) is 13.6 Å². The summed E-state index contributed by atoms with van der Waals surface area (Å²) in [6.07, 6.45) is -0.699. The lowest BCUT2D eigenvalue weighted by atomic mass is 9.95. The van der Waals surface area contributed by atoms with E-state index in [-0.39, 0.29) is 80.8 Å². The molecule has 2 aromatic carbocycles. The summed E-state index contributed by atoms with van der Waals surface area (Å²) in [5.41, 5.74) is 5.51. The van der Waals surface area contributed by atoms with E-state index in [0.29, 0.717) is 6.54 Å². The number of aromatic nitrogens is 2. The quantitative estimate of drug-likeness (QED) is 0.149. The van der Waals surface area contributed by atoms with Gasteiger partial charge in [-0.3, -0.25) is 9.69 Å². The number of ether oxygens (including phenoxy) is 2. The Hall–Kier alpha value is -4.48. The summed E-state index contributed by atoms with van der Waals surface area (Å²) in [6, 6.07) is 5.22. The van der Waals surface area contributed by atoms with Crippen LogP contribution in [-0.2, 0) is 4.79 Å². The first-order chi connectivity index (χ1) is 22.1. The molecule has 3 saturated heterocycles. The molecule has 0 radical (unpaired) electrons. The minimum atomic E-state index is -1.56. The van der Waals surface area contributed by atoms with Gasteiger partial charge in [0.2, 0.25) is 17.5 Å². The first-order valence-electron chi connectivity index (χ1n) is 14.7. The Morgan fingerprint density at radius 2 is 2.00 bits per heavy atom. The Morgan fingerprint density at radius 1 is 1.20 bits per heavy atom. The molecule has 4 aromatic rings. The highest BCUT2D eigenvalue weighted by molar-refractivity contribution is 7.23. The van der Waals surface area contributed by atoms with Crippen LogP contribution in [0.4, 0.5) is 28.3 Å². The second-order valence-electron chi connectivity index (χ2n) is 11.8. The van der Waals surface area contributed by atoms with E-state index in [0.717, 1.165) is 36.8 Å². The number of fused-ring (bicyclic) bond motifs is 3. The highest BCUT2D eigenvalue weighted by Gasteiger charge is 2.49. The molecule has 0 bridgehead atoms. The van der Waals surface area contributed by atoms with Crippen molar-refractivity contribution in [3.05, 3.63) is 60.0 Å². The van der Waals surface area contributed by atoms with Gasteiger partial charge in [0, 0.05) is 23.9 Å². The van der Waals surface area contributed by atoms with Crippen LogP contribution in [0.2, 0.25) is 0 Å². The molecular weight excluding hydrogens is 624 g/mol.